The van der Waals surface area contributed by atoms with Gasteiger partial charge in [-0.3, -0.25) is 4.79 Å². The van der Waals surface area contributed by atoms with Crippen LogP contribution in [0.3, 0.4) is 0 Å². The Hall–Kier alpha value is -1.54. The third kappa shape index (κ3) is 4.86. The number of carbonyl (C=O) groups is 1. The molecule has 2 heteroatoms. The summed E-state index contributed by atoms with van der Waals surface area (Å²) < 4.78 is 0. The van der Waals surface area contributed by atoms with Gasteiger partial charge in [0.2, 0.25) is 0 Å². The van der Waals surface area contributed by atoms with Crippen molar-refractivity contribution in [3.05, 3.63) is 65.7 Å². The maximum absolute atomic E-state index is 11.9. The van der Waals surface area contributed by atoms with Gasteiger partial charge < -0.3 is 0 Å². The molecule has 0 spiro atoms. The van der Waals surface area contributed by atoms with Crippen molar-refractivity contribution in [2.45, 2.75) is 31.1 Å². The molecule has 0 heterocycles. The summed E-state index contributed by atoms with van der Waals surface area (Å²) in [5, 5.41) is 0. The van der Waals surface area contributed by atoms with Gasteiger partial charge in [0, 0.05) is 11.3 Å². The molecule has 0 atom stereocenters. The van der Waals surface area contributed by atoms with E-state index in [-0.39, 0.29) is 0 Å². The molecule has 2 aromatic rings. The lowest BCUT2D eigenvalue weighted by molar-refractivity contribution is -0.116. The number of aryl methyl sites for hydroxylation is 2. The quantitative estimate of drug-likeness (QED) is 0.687. The van der Waals surface area contributed by atoms with Crippen LogP contribution in [-0.2, 0) is 11.2 Å². The van der Waals surface area contributed by atoms with E-state index < -0.39 is 0 Å². The number of carbonyl (C=O) groups excluding carboxylic acids is 1. The standard InChI is InChI=1S/C18H20OS/c1-15-8-5-6-13-18(15)20-14-17(19)12-7-11-16-9-3-2-4-10-16/h2-6,8-10,13H,7,11-12,14H2,1H3. The molecule has 0 saturated carbocycles. The zero-order chi connectivity index (χ0) is 14.2. The van der Waals surface area contributed by atoms with E-state index >= 15 is 0 Å². The number of Topliss-reactive ketones (excluding diaryl/α,β-unsaturated/α-hetero) is 1. The van der Waals surface area contributed by atoms with Crippen LogP contribution in [0.2, 0.25) is 0 Å². The van der Waals surface area contributed by atoms with Gasteiger partial charge in [-0.15, -0.1) is 11.8 Å². The fourth-order valence-electron chi connectivity index (χ4n) is 2.08. The highest BCUT2D eigenvalue weighted by molar-refractivity contribution is 8.00. The molecule has 0 amide bonds. The van der Waals surface area contributed by atoms with E-state index in [4.69, 9.17) is 0 Å². The number of ketones is 1. The van der Waals surface area contributed by atoms with Crippen molar-refractivity contribution in [1.29, 1.82) is 0 Å². The van der Waals surface area contributed by atoms with E-state index in [2.05, 4.69) is 31.2 Å². The predicted octanol–water partition coefficient (Wildman–Crippen LogP) is 4.68. The van der Waals surface area contributed by atoms with Crippen LogP contribution in [0.25, 0.3) is 0 Å². The molecule has 0 bridgehead atoms. The Morgan fingerprint density at radius 2 is 1.70 bits per heavy atom. The van der Waals surface area contributed by atoms with Crippen molar-refractivity contribution >= 4 is 17.5 Å². The van der Waals surface area contributed by atoms with Gasteiger partial charge in [0.05, 0.1) is 5.75 Å². The van der Waals surface area contributed by atoms with Crippen LogP contribution in [-0.4, -0.2) is 11.5 Å². The second-order valence-corrected chi connectivity index (χ2v) is 5.95. The average Bonchev–Trinajstić information content (AvgIpc) is 2.47. The average molecular weight is 284 g/mol. The zero-order valence-electron chi connectivity index (χ0n) is 11.8. The minimum Gasteiger partial charge on any atom is -0.299 e. The highest BCUT2D eigenvalue weighted by Crippen LogP contribution is 2.22. The summed E-state index contributed by atoms with van der Waals surface area (Å²) in [7, 11) is 0. The van der Waals surface area contributed by atoms with Crippen molar-refractivity contribution in [1.82, 2.24) is 0 Å². The number of benzene rings is 2. The monoisotopic (exact) mass is 284 g/mol. The highest BCUT2D eigenvalue weighted by Gasteiger charge is 2.05. The number of hydrogen-bond donors (Lipinski definition) is 0. The minimum absolute atomic E-state index is 0.342. The Morgan fingerprint density at radius 3 is 2.45 bits per heavy atom. The second-order valence-electron chi connectivity index (χ2n) is 4.93. The molecule has 2 aromatic carbocycles. The molecule has 0 saturated heterocycles. The SMILES string of the molecule is Cc1ccccc1SCC(=O)CCCc1ccccc1. The van der Waals surface area contributed by atoms with E-state index in [0.717, 1.165) is 12.8 Å². The molecular weight excluding hydrogens is 264 g/mol. The Kier molecular flexibility index (Phi) is 5.87. The summed E-state index contributed by atoms with van der Waals surface area (Å²) in [6.45, 7) is 2.09. The van der Waals surface area contributed by atoms with Crippen LogP contribution < -0.4 is 0 Å². The predicted molar refractivity (Wildman–Crippen MR) is 86.3 cm³/mol. The minimum atomic E-state index is 0.342. The topological polar surface area (TPSA) is 17.1 Å². The molecule has 0 N–H and O–H groups in total. The van der Waals surface area contributed by atoms with Gasteiger partial charge in [-0.1, -0.05) is 48.5 Å². The Labute approximate surface area is 125 Å². The van der Waals surface area contributed by atoms with Crippen LogP contribution in [0.4, 0.5) is 0 Å². The van der Waals surface area contributed by atoms with Crippen molar-refractivity contribution in [2.24, 2.45) is 0 Å². The van der Waals surface area contributed by atoms with Gasteiger partial charge in [-0.05, 0) is 37.0 Å². The summed E-state index contributed by atoms with van der Waals surface area (Å²) in [6, 6.07) is 18.6. The van der Waals surface area contributed by atoms with Gasteiger partial charge >= 0.3 is 0 Å². The Balaban J connectivity index is 1.70. The van der Waals surface area contributed by atoms with Crippen molar-refractivity contribution in [3.63, 3.8) is 0 Å². The maximum atomic E-state index is 11.9. The molecular formula is C18H20OS. The third-order valence-corrected chi connectivity index (χ3v) is 4.48. The first-order chi connectivity index (χ1) is 9.75. The second kappa shape index (κ2) is 7.91. The number of rotatable bonds is 7. The maximum Gasteiger partial charge on any atom is 0.143 e. The third-order valence-electron chi connectivity index (χ3n) is 3.25. The smallest absolute Gasteiger partial charge is 0.143 e. The van der Waals surface area contributed by atoms with E-state index in [1.54, 1.807) is 11.8 Å². The first kappa shape index (κ1) is 14.9. The lowest BCUT2D eigenvalue weighted by Crippen LogP contribution is -2.02. The lowest BCUT2D eigenvalue weighted by Gasteiger charge is -2.05. The first-order valence-corrected chi connectivity index (χ1v) is 7.98. The molecule has 0 fully saturated rings. The fraction of sp³-hybridized carbons (Fsp3) is 0.278. The van der Waals surface area contributed by atoms with Crippen LogP contribution in [0.15, 0.2) is 59.5 Å². The molecule has 20 heavy (non-hydrogen) atoms. The Morgan fingerprint density at radius 1 is 1.00 bits per heavy atom. The lowest BCUT2D eigenvalue weighted by atomic mass is 10.1. The van der Waals surface area contributed by atoms with Gasteiger partial charge in [-0.25, -0.2) is 0 Å². The molecule has 0 aromatic heterocycles. The van der Waals surface area contributed by atoms with Crippen molar-refractivity contribution < 1.29 is 4.79 Å². The van der Waals surface area contributed by atoms with Crippen molar-refractivity contribution in [2.75, 3.05) is 5.75 Å². The summed E-state index contributed by atoms with van der Waals surface area (Å²) in [5.41, 5.74) is 2.56. The van der Waals surface area contributed by atoms with Gasteiger partial charge in [0.15, 0.2) is 0 Å². The van der Waals surface area contributed by atoms with Gasteiger partial charge in [0.25, 0.3) is 0 Å². The van der Waals surface area contributed by atoms with Crippen LogP contribution in [0, 0.1) is 6.92 Å². The summed E-state index contributed by atoms with van der Waals surface area (Å²) in [6.07, 6.45) is 2.60. The number of thioether (sulfide) groups is 1. The molecule has 0 radical (unpaired) electrons. The summed E-state index contributed by atoms with van der Waals surface area (Å²) in [5.74, 6) is 0.925. The van der Waals surface area contributed by atoms with Crippen LogP contribution in [0.1, 0.15) is 24.0 Å². The summed E-state index contributed by atoms with van der Waals surface area (Å²) in [4.78, 5) is 13.1. The van der Waals surface area contributed by atoms with Crippen LogP contribution in [0.5, 0.6) is 0 Å². The van der Waals surface area contributed by atoms with Crippen molar-refractivity contribution in [3.8, 4) is 0 Å². The molecule has 2 rings (SSSR count). The highest BCUT2D eigenvalue weighted by atomic mass is 32.2. The summed E-state index contributed by atoms with van der Waals surface area (Å²) >= 11 is 1.65. The number of hydrogen-bond acceptors (Lipinski definition) is 2. The molecule has 0 aliphatic rings. The van der Waals surface area contributed by atoms with E-state index in [1.165, 1.54) is 16.0 Å². The first-order valence-electron chi connectivity index (χ1n) is 7.00. The normalized spacial score (nSPS) is 10.4. The Bertz CT molecular complexity index is 548. The van der Waals surface area contributed by atoms with Crippen LogP contribution >= 0.6 is 11.8 Å². The largest absolute Gasteiger partial charge is 0.299 e. The fourth-order valence-corrected chi connectivity index (χ4v) is 3.01. The molecule has 1 nitrogen and oxygen atoms in total. The van der Waals surface area contributed by atoms with Gasteiger partial charge in [-0.2, -0.15) is 0 Å². The molecule has 0 aliphatic heterocycles. The molecule has 0 aliphatic carbocycles. The van der Waals surface area contributed by atoms with E-state index in [1.807, 2.05) is 30.3 Å². The molecule has 0 unspecified atom stereocenters. The van der Waals surface area contributed by atoms with E-state index in [9.17, 15) is 4.79 Å². The molecule has 104 valence electrons. The van der Waals surface area contributed by atoms with E-state index in [0.29, 0.717) is 18.0 Å². The zero-order valence-corrected chi connectivity index (χ0v) is 12.7. The van der Waals surface area contributed by atoms with Gasteiger partial charge in [0.1, 0.15) is 5.78 Å².